The van der Waals surface area contributed by atoms with Gasteiger partial charge in [-0.1, -0.05) is 24.3 Å². The summed E-state index contributed by atoms with van der Waals surface area (Å²) in [5.41, 5.74) is 10.1. The lowest BCUT2D eigenvalue weighted by Crippen LogP contribution is -2.23. The Morgan fingerprint density at radius 1 is 1.20 bits per heavy atom. The third-order valence-electron chi connectivity index (χ3n) is 3.82. The quantitative estimate of drug-likeness (QED) is 0.876. The van der Waals surface area contributed by atoms with E-state index in [1.54, 1.807) is 6.26 Å². The number of hydrogen-bond acceptors (Lipinski definition) is 3. The van der Waals surface area contributed by atoms with Crippen molar-refractivity contribution in [3.8, 4) is 0 Å². The molecule has 0 amide bonds. The van der Waals surface area contributed by atoms with Crippen LogP contribution in [-0.4, -0.2) is 18.5 Å². The summed E-state index contributed by atoms with van der Waals surface area (Å²) in [4.78, 5) is 2.29. The van der Waals surface area contributed by atoms with Gasteiger partial charge in [0.25, 0.3) is 0 Å². The predicted molar refractivity (Wildman–Crippen MR) is 82.5 cm³/mol. The van der Waals surface area contributed by atoms with E-state index in [-0.39, 0.29) is 6.04 Å². The molecule has 0 saturated carbocycles. The van der Waals surface area contributed by atoms with Crippen molar-refractivity contribution in [3.63, 3.8) is 0 Å². The molecular formula is C17H24N2O. The molecule has 0 bridgehead atoms. The number of rotatable bonds is 6. The fraction of sp³-hybridized carbons (Fsp3) is 0.412. The van der Waals surface area contributed by atoms with Gasteiger partial charge in [-0.3, -0.25) is 0 Å². The van der Waals surface area contributed by atoms with Gasteiger partial charge < -0.3 is 15.1 Å². The van der Waals surface area contributed by atoms with Crippen LogP contribution in [-0.2, 0) is 6.54 Å². The summed E-state index contributed by atoms with van der Waals surface area (Å²) in [5.74, 6) is 1.00. The van der Waals surface area contributed by atoms with E-state index in [1.807, 2.05) is 13.0 Å². The molecule has 3 nitrogen and oxygen atoms in total. The smallest absolute Gasteiger partial charge is 0.105 e. The first-order chi connectivity index (χ1) is 9.58. The molecule has 3 heteroatoms. The van der Waals surface area contributed by atoms with E-state index in [1.165, 1.54) is 16.7 Å². The first-order valence-electron chi connectivity index (χ1n) is 7.10. The molecule has 20 heavy (non-hydrogen) atoms. The van der Waals surface area contributed by atoms with Crippen molar-refractivity contribution in [2.75, 3.05) is 13.6 Å². The molecule has 0 aliphatic heterocycles. The summed E-state index contributed by atoms with van der Waals surface area (Å²) in [6.45, 7) is 6.00. The molecule has 1 heterocycles. The Kier molecular flexibility index (Phi) is 4.99. The molecule has 1 aromatic heterocycles. The Morgan fingerprint density at radius 2 is 1.95 bits per heavy atom. The van der Waals surface area contributed by atoms with Crippen molar-refractivity contribution in [1.82, 2.24) is 4.90 Å². The van der Waals surface area contributed by atoms with Crippen molar-refractivity contribution in [1.29, 1.82) is 0 Å². The Balaban J connectivity index is 1.86. The van der Waals surface area contributed by atoms with Crippen LogP contribution in [0.25, 0.3) is 0 Å². The number of benzene rings is 1. The zero-order valence-electron chi connectivity index (χ0n) is 12.6. The van der Waals surface area contributed by atoms with Gasteiger partial charge in [0.15, 0.2) is 0 Å². The van der Waals surface area contributed by atoms with E-state index >= 15 is 0 Å². The van der Waals surface area contributed by atoms with E-state index in [2.05, 4.69) is 43.1 Å². The second kappa shape index (κ2) is 6.73. The summed E-state index contributed by atoms with van der Waals surface area (Å²) >= 11 is 0. The third-order valence-corrected chi connectivity index (χ3v) is 3.82. The molecule has 2 rings (SSSR count). The van der Waals surface area contributed by atoms with Crippen LogP contribution in [0.4, 0.5) is 0 Å². The number of hydrogen-bond donors (Lipinski definition) is 1. The molecule has 2 aromatic rings. The molecule has 1 atom stereocenters. The minimum atomic E-state index is 0.101. The highest BCUT2D eigenvalue weighted by Gasteiger charge is 2.11. The van der Waals surface area contributed by atoms with Crippen LogP contribution in [0.3, 0.4) is 0 Å². The summed E-state index contributed by atoms with van der Waals surface area (Å²) in [5, 5.41) is 0. The zero-order valence-corrected chi connectivity index (χ0v) is 12.6. The Hall–Kier alpha value is -1.58. The van der Waals surface area contributed by atoms with Crippen molar-refractivity contribution in [3.05, 3.63) is 59.0 Å². The lowest BCUT2D eigenvalue weighted by Gasteiger charge is -2.20. The topological polar surface area (TPSA) is 42.4 Å². The van der Waals surface area contributed by atoms with Gasteiger partial charge in [-0.05, 0) is 51.1 Å². The molecule has 0 aliphatic carbocycles. The monoisotopic (exact) mass is 272 g/mol. The van der Waals surface area contributed by atoms with Gasteiger partial charge in [0.05, 0.1) is 6.26 Å². The molecule has 2 N–H and O–H groups in total. The summed E-state index contributed by atoms with van der Waals surface area (Å²) < 4.78 is 5.32. The SMILES string of the molecule is Cc1ccccc1C(N)CCN(C)Cc1ccoc1C. The van der Waals surface area contributed by atoms with Gasteiger partial charge >= 0.3 is 0 Å². The molecule has 0 radical (unpaired) electrons. The first-order valence-corrected chi connectivity index (χ1v) is 7.10. The van der Waals surface area contributed by atoms with Gasteiger partial charge in [0, 0.05) is 18.2 Å². The van der Waals surface area contributed by atoms with Crippen LogP contribution in [0.1, 0.15) is 34.9 Å². The maximum Gasteiger partial charge on any atom is 0.105 e. The van der Waals surface area contributed by atoms with Gasteiger partial charge in [0.1, 0.15) is 5.76 Å². The van der Waals surface area contributed by atoms with Crippen LogP contribution in [0.2, 0.25) is 0 Å². The lowest BCUT2D eigenvalue weighted by atomic mass is 9.99. The van der Waals surface area contributed by atoms with E-state index in [9.17, 15) is 0 Å². The van der Waals surface area contributed by atoms with Gasteiger partial charge in [-0.15, -0.1) is 0 Å². The highest BCUT2D eigenvalue weighted by molar-refractivity contribution is 5.28. The molecule has 1 aromatic carbocycles. The number of aryl methyl sites for hydroxylation is 2. The first kappa shape index (κ1) is 14.8. The van der Waals surface area contributed by atoms with Gasteiger partial charge in [-0.2, -0.15) is 0 Å². The largest absolute Gasteiger partial charge is 0.469 e. The fourth-order valence-electron chi connectivity index (χ4n) is 2.46. The standard InChI is InChI=1S/C17H24N2O/c1-13-6-4-5-7-16(13)17(18)8-10-19(3)12-15-9-11-20-14(15)2/h4-7,9,11,17H,8,10,12,18H2,1-3H3. The number of nitrogens with zero attached hydrogens (tertiary/aromatic N) is 1. The Bertz CT molecular complexity index is 547. The average Bonchev–Trinajstić information content (AvgIpc) is 2.82. The predicted octanol–water partition coefficient (Wildman–Crippen LogP) is 3.42. The summed E-state index contributed by atoms with van der Waals surface area (Å²) in [6, 6.07) is 10.5. The molecule has 1 unspecified atom stereocenters. The minimum absolute atomic E-state index is 0.101. The van der Waals surface area contributed by atoms with Crippen LogP contribution >= 0.6 is 0 Å². The second-order valence-electron chi connectivity index (χ2n) is 5.49. The highest BCUT2D eigenvalue weighted by atomic mass is 16.3. The summed E-state index contributed by atoms with van der Waals surface area (Å²) in [6.07, 6.45) is 2.70. The van der Waals surface area contributed by atoms with Crippen molar-refractivity contribution < 1.29 is 4.42 Å². The normalized spacial score (nSPS) is 12.8. The molecule has 0 fully saturated rings. The highest BCUT2D eigenvalue weighted by Crippen LogP contribution is 2.19. The van der Waals surface area contributed by atoms with Crippen molar-refractivity contribution in [2.45, 2.75) is 32.9 Å². The van der Waals surface area contributed by atoms with Crippen LogP contribution < -0.4 is 5.73 Å². The van der Waals surface area contributed by atoms with Crippen molar-refractivity contribution in [2.24, 2.45) is 5.73 Å². The van der Waals surface area contributed by atoms with Gasteiger partial charge in [-0.25, -0.2) is 0 Å². The van der Waals surface area contributed by atoms with E-state index < -0.39 is 0 Å². The van der Waals surface area contributed by atoms with Crippen LogP contribution in [0.15, 0.2) is 41.0 Å². The van der Waals surface area contributed by atoms with Crippen LogP contribution in [0.5, 0.6) is 0 Å². The number of nitrogens with two attached hydrogens (primary N) is 1. The third kappa shape index (κ3) is 3.71. The maximum absolute atomic E-state index is 6.30. The number of furan rings is 1. The van der Waals surface area contributed by atoms with E-state index in [0.717, 1.165) is 25.3 Å². The fourth-order valence-corrected chi connectivity index (χ4v) is 2.46. The molecule has 0 aliphatic rings. The Labute approximate surface area is 121 Å². The van der Waals surface area contributed by atoms with Gasteiger partial charge in [0.2, 0.25) is 0 Å². The lowest BCUT2D eigenvalue weighted by molar-refractivity contribution is 0.309. The molecule has 0 saturated heterocycles. The van der Waals surface area contributed by atoms with E-state index in [0.29, 0.717) is 0 Å². The summed E-state index contributed by atoms with van der Waals surface area (Å²) in [7, 11) is 2.12. The minimum Gasteiger partial charge on any atom is -0.469 e. The average molecular weight is 272 g/mol. The van der Waals surface area contributed by atoms with E-state index in [4.69, 9.17) is 10.2 Å². The zero-order chi connectivity index (χ0) is 14.5. The molecule has 0 spiro atoms. The maximum atomic E-state index is 6.30. The molecular weight excluding hydrogens is 248 g/mol. The van der Waals surface area contributed by atoms with Crippen molar-refractivity contribution >= 4 is 0 Å². The molecule has 108 valence electrons. The van der Waals surface area contributed by atoms with Crippen LogP contribution in [0, 0.1) is 13.8 Å². The second-order valence-corrected chi connectivity index (χ2v) is 5.49. The Morgan fingerprint density at radius 3 is 2.60 bits per heavy atom.